The molecule has 0 aromatic heterocycles. The monoisotopic (exact) mass is 446 g/mol. The summed E-state index contributed by atoms with van der Waals surface area (Å²) in [6.45, 7) is 3.99. The average Bonchev–Trinajstić information content (AvgIpc) is 2.90. The fourth-order valence-electron chi connectivity index (χ4n) is 3.80. The molecule has 144 valence electrons. The Hall–Kier alpha value is -1.70. The summed E-state index contributed by atoms with van der Waals surface area (Å²) in [5.41, 5.74) is 0.954. The van der Waals surface area contributed by atoms with Crippen molar-refractivity contribution in [1.29, 1.82) is 0 Å². The van der Waals surface area contributed by atoms with Crippen molar-refractivity contribution in [1.82, 2.24) is 0 Å². The zero-order valence-electron chi connectivity index (χ0n) is 14.8. The molecule has 0 fully saturated rings. The quantitative estimate of drug-likeness (QED) is 0.319. The van der Waals surface area contributed by atoms with Crippen molar-refractivity contribution in [2.24, 2.45) is 0 Å². The number of hydrogen-bond acceptors (Lipinski definition) is 0. The molecule has 0 N–H and O–H groups in total. The van der Waals surface area contributed by atoms with Gasteiger partial charge in [0.25, 0.3) is 0 Å². The second-order valence-corrected chi connectivity index (χ2v) is 15.6. The molecule has 3 rings (SSSR count). The van der Waals surface area contributed by atoms with Gasteiger partial charge in [-0.1, -0.05) is 0 Å². The summed E-state index contributed by atoms with van der Waals surface area (Å²) < 4.78 is 79.1. The Kier molecular flexibility index (Phi) is 4.99. The predicted molar refractivity (Wildman–Crippen MR) is 95.9 cm³/mol. The van der Waals surface area contributed by atoms with E-state index in [2.05, 4.69) is 0 Å². The number of benzene rings is 2. The van der Waals surface area contributed by atoms with Gasteiger partial charge in [-0.25, -0.2) is 0 Å². The first-order valence-electron chi connectivity index (χ1n) is 8.44. The van der Waals surface area contributed by atoms with Gasteiger partial charge in [-0.15, -0.1) is 0 Å². The van der Waals surface area contributed by atoms with Gasteiger partial charge in [-0.3, -0.25) is 0 Å². The molecule has 0 atom stereocenters. The molecule has 0 spiro atoms. The van der Waals surface area contributed by atoms with E-state index in [1.807, 2.05) is 13.8 Å². The summed E-state index contributed by atoms with van der Waals surface area (Å²) in [5, 5.41) is 1.51. The standard InChI is InChI=1S/C20H18F6Ge/c1-13-11-27(12-14(13)2,17-7-3-15(4-8-17)19(21,22)23)18-9-5-16(6-10-18)20(24,25)26/h3-10H,11-12H2,1-2H3. The van der Waals surface area contributed by atoms with Crippen molar-refractivity contribution in [3.8, 4) is 0 Å². The van der Waals surface area contributed by atoms with Crippen LogP contribution in [-0.4, -0.2) is 13.3 Å². The maximum atomic E-state index is 12.9. The van der Waals surface area contributed by atoms with Crippen LogP contribution in [0, 0.1) is 0 Å². The molecule has 0 saturated carbocycles. The summed E-state index contributed by atoms with van der Waals surface area (Å²) in [6.07, 6.45) is -8.82. The van der Waals surface area contributed by atoms with E-state index in [0.29, 0.717) is 0 Å². The molecule has 1 aliphatic rings. The van der Waals surface area contributed by atoms with E-state index in [4.69, 9.17) is 0 Å². The van der Waals surface area contributed by atoms with Crippen LogP contribution in [-0.2, 0) is 12.4 Å². The summed E-state index contributed by atoms with van der Waals surface area (Å²) in [4.78, 5) is 0. The Bertz CT molecular complexity index is 784. The van der Waals surface area contributed by atoms with E-state index in [1.54, 1.807) is 0 Å². The van der Waals surface area contributed by atoms with Gasteiger partial charge in [0.15, 0.2) is 0 Å². The summed E-state index contributed by atoms with van der Waals surface area (Å²) in [5.74, 6) is 0. The molecule has 27 heavy (non-hydrogen) atoms. The van der Waals surface area contributed by atoms with Crippen molar-refractivity contribution in [2.75, 3.05) is 0 Å². The fraction of sp³-hybridized carbons (Fsp3) is 0.300. The molecule has 7 heteroatoms. The molecular formula is C20H18F6Ge. The Morgan fingerprint density at radius 3 is 1.15 bits per heavy atom. The number of halogens is 6. The van der Waals surface area contributed by atoms with Crippen molar-refractivity contribution in [3.63, 3.8) is 0 Å². The third-order valence-electron chi connectivity index (χ3n) is 5.39. The minimum atomic E-state index is -4.41. The van der Waals surface area contributed by atoms with Crippen LogP contribution in [0.5, 0.6) is 0 Å². The van der Waals surface area contributed by atoms with E-state index in [1.165, 1.54) is 35.4 Å². The average molecular weight is 445 g/mol. The van der Waals surface area contributed by atoms with E-state index in [0.717, 1.165) is 43.6 Å². The first kappa shape index (κ1) is 20.0. The maximum absolute atomic E-state index is 12.9. The minimum absolute atomic E-state index is 0.712. The molecule has 0 amide bonds. The van der Waals surface area contributed by atoms with Gasteiger partial charge in [0, 0.05) is 0 Å². The van der Waals surface area contributed by atoms with Gasteiger partial charge >= 0.3 is 156 Å². The Labute approximate surface area is 156 Å². The van der Waals surface area contributed by atoms with E-state index in [9.17, 15) is 26.3 Å². The van der Waals surface area contributed by atoms with Gasteiger partial charge in [0.05, 0.1) is 0 Å². The molecule has 0 bridgehead atoms. The number of rotatable bonds is 2. The molecule has 0 aliphatic carbocycles. The molecule has 2 aromatic rings. The van der Waals surface area contributed by atoms with Gasteiger partial charge in [0.2, 0.25) is 0 Å². The first-order valence-corrected chi connectivity index (χ1v) is 13.5. The number of allylic oxidation sites excluding steroid dienone is 2. The van der Waals surface area contributed by atoms with Crippen molar-refractivity contribution >= 4 is 22.1 Å². The summed E-state index contributed by atoms with van der Waals surface area (Å²) in [6, 6.07) is 10.4. The zero-order valence-corrected chi connectivity index (χ0v) is 16.9. The van der Waals surface area contributed by atoms with Crippen LogP contribution >= 0.6 is 0 Å². The number of alkyl halides is 6. The third kappa shape index (κ3) is 3.81. The van der Waals surface area contributed by atoms with Crippen molar-refractivity contribution in [3.05, 3.63) is 70.8 Å². The molecule has 0 nitrogen and oxygen atoms in total. The fourth-order valence-corrected chi connectivity index (χ4v) is 14.9. The van der Waals surface area contributed by atoms with E-state index < -0.39 is 36.7 Å². The molecule has 1 heterocycles. The molecule has 0 saturated heterocycles. The van der Waals surface area contributed by atoms with Crippen molar-refractivity contribution < 1.29 is 26.3 Å². The summed E-state index contributed by atoms with van der Waals surface area (Å²) in [7, 11) is 0. The van der Waals surface area contributed by atoms with Crippen LogP contribution in [0.25, 0.3) is 0 Å². The number of hydrogen-bond donors (Lipinski definition) is 0. The molecule has 2 aromatic carbocycles. The van der Waals surface area contributed by atoms with Crippen molar-refractivity contribution in [2.45, 2.75) is 36.7 Å². The van der Waals surface area contributed by atoms with E-state index >= 15 is 0 Å². The zero-order chi connectivity index (χ0) is 20.0. The topological polar surface area (TPSA) is 0 Å². The van der Waals surface area contributed by atoms with Crippen LogP contribution in [0.4, 0.5) is 26.3 Å². The van der Waals surface area contributed by atoms with Gasteiger partial charge in [-0.05, 0) is 0 Å². The van der Waals surface area contributed by atoms with Crippen LogP contribution < -0.4 is 8.79 Å². The van der Waals surface area contributed by atoms with Gasteiger partial charge in [-0.2, -0.15) is 0 Å². The molecule has 1 aliphatic heterocycles. The molecule has 0 unspecified atom stereocenters. The molecular weight excluding hydrogens is 427 g/mol. The Balaban J connectivity index is 2.07. The van der Waals surface area contributed by atoms with Crippen LogP contribution in [0.2, 0.25) is 10.5 Å². The van der Waals surface area contributed by atoms with Crippen LogP contribution in [0.1, 0.15) is 25.0 Å². The third-order valence-corrected chi connectivity index (χ3v) is 16.2. The first-order chi connectivity index (χ1) is 12.4. The second-order valence-electron chi connectivity index (χ2n) is 7.15. The molecule has 0 radical (unpaired) electrons. The Morgan fingerprint density at radius 1 is 0.593 bits per heavy atom. The predicted octanol–water partition coefficient (Wildman–Crippen LogP) is 5.64. The normalized spacial score (nSPS) is 17.5. The SMILES string of the molecule is CC1=C(C)[CH2][Ge]([c]2ccc(C(F)(F)F)cc2)([c]2ccc(C(F)(F)F)cc2)[CH2]1. The van der Waals surface area contributed by atoms with Gasteiger partial charge < -0.3 is 0 Å². The Morgan fingerprint density at radius 2 is 0.889 bits per heavy atom. The van der Waals surface area contributed by atoms with Gasteiger partial charge in [0.1, 0.15) is 0 Å². The van der Waals surface area contributed by atoms with E-state index in [-0.39, 0.29) is 0 Å². The van der Waals surface area contributed by atoms with Crippen LogP contribution in [0.3, 0.4) is 0 Å². The van der Waals surface area contributed by atoms with Crippen LogP contribution in [0.15, 0.2) is 59.7 Å². The second kappa shape index (κ2) is 6.72. The summed E-state index contributed by atoms with van der Waals surface area (Å²) >= 11 is -3.13.